The molecule has 188 valence electrons. The molecule has 2 saturated carbocycles. The summed E-state index contributed by atoms with van der Waals surface area (Å²) in [6.07, 6.45) is 0.898. The van der Waals surface area contributed by atoms with Gasteiger partial charge in [-0.25, -0.2) is 21.9 Å². The minimum absolute atomic E-state index is 0.0322. The molecule has 5 rings (SSSR count). The number of carbonyl (C=O) groups excluding carboxylic acids is 2. The van der Waals surface area contributed by atoms with Crippen LogP contribution in [0.4, 0.5) is 14.6 Å². The molecule has 2 N–H and O–H groups in total. The Morgan fingerprint density at radius 2 is 1.91 bits per heavy atom. The molecular formula is C23H27F2N5O4S. The fraction of sp³-hybridized carbons (Fsp3) is 0.522. The standard InChI is InChI=1S/C23H27F2N5O4S/c1-12(14-4-5-14)30-11-16-6-15(18-8-20(26-13(2)31)27-29(18)3)7-19(21(16)22(30)32)35(33,34)28-17-9-23(24,25)10-17/h6-8,12,14,17,28H,4-5,9-11H2,1-3H3,(H,26,27,31)/t12-/m0/s1. The molecule has 0 radical (unpaired) electrons. The summed E-state index contributed by atoms with van der Waals surface area (Å²) >= 11 is 0. The molecule has 0 spiro atoms. The van der Waals surface area contributed by atoms with Crippen LogP contribution in [0.1, 0.15) is 55.5 Å². The van der Waals surface area contributed by atoms with Crippen LogP contribution in [0.5, 0.6) is 0 Å². The third kappa shape index (κ3) is 4.44. The maximum Gasteiger partial charge on any atom is 0.256 e. The molecule has 1 aromatic heterocycles. The topological polar surface area (TPSA) is 113 Å². The lowest BCUT2D eigenvalue weighted by molar-refractivity contribution is -0.114. The largest absolute Gasteiger partial charge is 0.331 e. The van der Waals surface area contributed by atoms with Crippen molar-refractivity contribution in [1.29, 1.82) is 0 Å². The van der Waals surface area contributed by atoms with Crippen LogP contribution in [-0.4, -0.2) is 52.9 Å². The van der Waals surface area contributed by atoms with E-state index >= 15 is 0 Å². The quantitative estimate of drug-likeness (QED) is 0.598. The van der Waals surface area contributed by atoms with E-state index in [1.54, 1.807) is 24.1 Å². The van der Waals surface area contributed by atoms with Crippen LogP contribution in [0.15, 0.2) is 23.1 Å². The van der Waals surface area contributed by atoms with Crippen molar-refractivity contribution in [3.8, 4) is 11.3 Å². The van der Waals surface area contributed by atoms with Gasteiger partial charge in [-0.05, 0) is 43.4 Å². The van der Waals surface area contributed by atoms with Crippen molar-refractivity contribution in [3.05, 3.63) is 29.3 Å². The van der Waals surface area contributed by atoms with E-state index in [9.17, 15) is 26.8 Å². The number of alkyl halides is 2. The van der Waals surface area contributed by atoms with E-state index in [-0.39, 0.29) is 34.9 Å². The number of hydrogen-bond acceptors (Lipinski definition) is 5. The number of amides is 2. The summed E-state index contributed by atoms with van der Waals surface area (Å²) < 4.78 is 57.4. The van der Waals surface area contributed by atoms with Gasteiger partial charge in [0.1, 0.15) is 0 Å². The van der Waals surface area contributed by atoms with Crippen LogP contribution in [0, 0.1) is 5.92 Å². The second-order valence-electron chi connectivity index (χ2n) is 9.82. The second kappa shape index (κ2) is 8.09. The highest BCUT2D eigenvalue weighted by molar-refractivity contribution is 7.89. The second-order valence-corrected chi connectivity index (χ2v) is 11.5. The maximum atomic E-state index is 13.4. The Kier molecular flexibility index (Phi) is 5.51. The first-order chi connectivity index (χ1) is 16.3. The molecule has 2 aromatic rings. The van der Waals surface area contributed by atoms with Crippen LogP contribution < -0.4 is 10.0 Å². The third-order valence-electron chi connectivity index (χ3n) is 6.98. The molecule has 2 heterocycles. The van der Waals surface area contributed by atoms with E-state index in [0.29, 0.717) is 28.6 Å². The van der Waals surface area contributed by atoms with E-state index < -0.39 is 34.8 Å². The van der Waals surface area contributed by atoms with Gasteiger partial charge in [0, 0.05) is 57.1 Å². The summed E-state index contributed by atoms with van der Waals surface area (Å²) in [5.74, 6) is -2.87. The molecule has 3 aliphatic rings. The summed E-state index contributed by atoms with van der Waals surface area (Å²) in [6.45, 7) is 3.58. The molecule has 35 heavy (non-hydrogen) atoms. The van der Waals surface area contributed by atoms with Crippen LogP contribution in [-0.2, 0) is 28.4 Å². The first-order valence-electron chi connectivity index (χ1n) is 11.5. The monoisotopic (exact) mass is 507 g/mol. The molecular weight excluding hydrogens is 480 g/mol. The Morgan fingerprint density at radius 3 is 2.51 bits per heavy atom. The van der Waals surface area contributed by atoms with Gasteiger partial charge in [-0.15, -0.1) is 0 Å². The number of fused-ring (bicyclic) bond motifs is 1. The third-order valence-corrected chi connectivity index (χ3v) is 8.52. The average molecular weight is 508 g/mol. The number of halogens is 2. The van der Waals surface area contributed by atoms with E-state index in [1.165, 1.54) is 17.7 Å². The zero-order chi connectivity index (χ0) is 25.3. The molecule has 9 nitrogen and oxygen atoms in total. The maximum absolute atomic E-state index is 13.4. The molecule has 0 bridgehead atoms. The zero-order valence-corrected chi connectivity index (χ0v) is 20.5. The van der Waals surface area contributed by atoms with Gasteiger partial charge >= 0.3 is 0 Å². The van der Waals surface area contributed by atoms with Crippen LogP contribution >= 0.6 is 0 Å². The lowest BCUT2D eigenvalue weighted by atomic mass is 9.89. The van der Waals surface area contributed by atoms with Crippen LogP contribution in [0.25, 0.3) is 11.3 Å². The van der Waals surface area contributed by atoms with Gasteiger partial charge in [0.05, 0.1) is 16.2 Å². The van der Waals surface area contributed by atoms with E-state index in [0.717, 1.165) is 12.8 Å². The fourth-order valence-corrected chi connectivity index (χ4v) is 6.47. The van der Waals surface area contributed by atoms with E-state index in [4.69, 9.17) is 0 Å². The van der Waals surface area contributed by atoms with Gasteiger partial charge in [-0.2, -0.15) is 5.10 Å². The first-order valence-corrected chi connectivity index (χ1v) is 13.0. The molecule has 1 atom stereocenters. The van der Waals surface area contributed by atoms with Crippen LogP contribution in [0.2, 0.25) is 0 Å². The van der Waals surface area contributed by atoms with Gasteiger partial charge in [-0.1, -0.05) is 0 Å². The van der Waals surface area contributed by atoms with Crippen molar-refractivity contribution in [2.75, 3.05) is 5.32 Å². The van der Waals surface area contributed by atoms with Crippen molar-refractivity contribution in [1.82, 2.24) is 19.4 Å². The predicted octanol–water partition coefficient (Wildman–Crippen LogP) is 2.88. The number of carbonyl (C=O) groups is 2. The Bertz CT molecular complexity index is 1330. The number of nitrogens with zero attached hydrogens (tertiary/aromatic N) is 3. The number of anilines is 1. The molecule has 2 amide bonds. The van der Waals surface area contributed by atoms with Crippen molar-refractivity contribution < 1.29 is 26.8 Å². The first kappa shape index (κ1) is 23.9. The minimum Gasteiger partial charge on any atom is -0.331 e. The molecule has 12 heteroatoms. The summed E-state index contributed by atoms with van der Waals surface area (Å²) in [4.78, 5) is 26.3. The van der Waals surface area contributed by atoms with Crippen molar-refractivity contribution >= 4 is 27.7 Å². The normalized spacial score (nSPS) is 20.5. The molecule has 1 aromatic carbocycles. The Labute approximate surface area is 201 Å². The average Bonchev–Trinajstić information content (AvgIpc) is 3.44. The molecule has 0 saturated heterocycles. The van der Waals surface area contributed by atoms with Gasteiger partial charge in [0.25, 0.3) is 11.8 Å². The minimum atomic E-state index is -4.27. The fourth-order valence-electron chi connectivity index (χ4n) is 4.97. The highest BCUT2D eigenvalue weighted by atomic mass is 32.2. The number of rotatable bonds is 7. The lowest BCUT2D eigenvalue weighted by Gasteiger charge is -2.35. The van der Waals surface area contributed by atoms with Gasteiger partial charge in [0.15, 0.2) is 5.82 Å². The lowest BCUT2D eigenvalue weighted by Crippen LogP contribution is -2.50. The Balaban J connectivity index is 1.57. The zero-order valence-electron chi connectivity index (χ0n) is 19.6. The smallest absolute Gasteiger partial charge is 0.256 e. The Hall–Kier alpha value is -2.86. The Morgan fingerprint density at radius 1 is 1.23 bits per heavy atom. The highest BCUT2D eigenvalue weighted by Crippen LogP contribution is 2.42. The number of sulfonamides is 1. The highest BCUT2D eigenvalue weighted by Gasteiger charge is 2.48. The van der Waals surface area contributed by atoms with Crippen LogP contribution in [0.3, 0.4) is 0 Å². The summed E-state index contributed by atoms with van der Waals surface area (Å²) in [5.41, 5.74) is 1.67. The summed E-state index contributed by atoms with van der Waals surface area (Å²) in [6, 6.07) is 3.83. The predicted molar refractivity (Wildman–Crippen MR) is 123 cm³/mol. The number of nitrogens with one attached hydrogen (secondary N) is 2. The van der Waals surface area contributed by atoms with E-state index in [1.807, 2.05) is 6.92 Å². The van der Waals surface area contributed by atoms with E-state index in [2.05, 4.69) is 15.1 Å². The number of benzene rings is 1. The van der Waals surface area contributed by atoms with Crippen molar-refractivity contribution in [2.45, 2.75) is 69.0 Å². The number of aryl methyl sites for hydroxylation is 1. The van der Waals surface area contributed by atoms with Gasteiger partial charge in [-0.3, -0.25) is 14.3 Å². The summed E-state index contributed by atoms with van der Waals surface area (Å²) in [7, 11) is -2.61. The van der Waals surface area contributed by atoms with Crippen molar-refractivity contribution in [2.24, 2.45) is 13.0 Å². The van der Waals surface area contributed by atoms with Gasteiger partial charge < -0.3 is 10.2 Å². The molecule has 1 aliphatic heterocycles. The van der Waals surface area contributed by atoms with Crippen molar-refractivity contribution in [3.63, 3.8) is 0 Å². The summed E-state index contributed by atoms with van der Waals surface area (Å²) in [5, 5.41) is 6.84. The molecule has 2 fully saturated rings. The molecule has 2 aliphatic carbocycles. The van der Waals surface area contributed by atoms with Gasteiger partial charge in [0.2, 0.25) is 15.9 Å². The SMILES string of the molecule is CC(=O)Nc1cc(-c2cc3c(c(S(=O)(=O)NC4CC(F)(F)C4)c2)C(=O)N([C@@H](C)C2CC2)C3)n(C)n1. The number of hydrogen-bond donors (Lipinski definition) is 2. The molecule has 0 unspecified atom stereocenters. The number of aromatic nitrogens is 2.